The molecule has 0 saturated carbocycles. The minimum absolute atomic E-state index is 0.103. The summed E-state index contributed by atoms with van der Waals surface area (Å²) < 4.78 is 23.4. The summed E-state index contributed by atoms with van der Waals surface area (Å²) in [5.41, 5.74) is 0.103. The third-order valence-corrected chi connectivity index (χ3v) is 2.73. The quantitative estimate of drug-likeness (QED) is 0.815. The number of halogens is 2. The van der Waals surface area contributed by atoms with E-state index in [0.29, 0.717) is 10.4 Å². The first-order valence-corrected chi connectivity index (χ1v) is 5.76. The van der Waals surface area contributed by atoms with Crippen molar-refractivity contribution in [1.82, 2.24) is 10.2 Å². The van der Waals surface area contributed by atoms with Gasteiger partial charge in [-0.15, -0.1) is 10.2 Å². The predicted molar refractivity (Wildman–Crippen MR) is 62.3 cm³/mol. The average molecular weight is 315 g/mol. The van der Waals surface area contributed by atoms with E-state index in [1.165, 1.54) is 12.1 Å². The van der Waals surface area contributed by atoms with Crippen molar-refractivity contribution >= 4 is 21.9 Å². The number of aryl methyl sites for hydroxylation is 1. The topological polar surface area (TPSA) is 65.2 Å². The maximum absolute atomic E-state index is 13.0. The fourth-order valence-corrected chi connectivity index (χ4v) is 1.66. The van der Waals surface area contributed by atoms with E-state index in [4.69, 9.17) is 9.15 Å². The molecule has 0 radical (unpaired) electrons. The van der Waals surface area contributed by atoms with Crippen LogP contribution in [0.2, 0.25) is 0 Å². The highest BCUT2D eigenvalue weighted by molar-refractivity contribution is 9.10. The molecular weight excluding hydrogens is 307 g/mol. The summed E-state index contributed by atoms with van der Waals surface area (Å²) >= 11 is 3.14. The van der Waals surface area contributed by atoms with Crippen molar-refractivity contribution in [3.8, 4) is 0 Å². The molecule has 0 amide bonds. The van der Waals surface area contributed by atoms with Gasteiger partial charge in [0.15, 0.2) is 6.61 Å². The molecule has 2 rings (SSSR count). The van der Waals surface area contributed by atoms with E-state index < -0.39 is 11.8 Å². The molecule has 0 aliphatic rings. The maximum atomic E-state index is 13.0. The molecule has 0 N–H and O–H groups in total. The third kappa shape index (κ3) is 2.92. The number of rotatable bonds is 3. The SMILES string of the molecule is Cc1nnc(COC(=O)c2cc(F)ccc2Br)o1. The standard InChI is InChI=1S/C11H8BrFN2O3/c1-6-14-15-10(18-6)5-17-11(16)8-4-7(13)2-3-9(8)12/h2-4H,5H2,1H3. The van der Waals surface area contributed by atoms with Crippen LogP contribution >= 0.6 is 15.9 Å². The number of hydrogen-bond donors (Lipinski definition) is 0. The molecule has 5 nitrogen and oxygen atoms in total. The largest absolute Gasteiger partial charge is 0.452 e. The Labute approximate surface area is 110 Å². The van der Waals surface area contributed by atoms with Gasteiger partial charge < -0.3 is 9.15 Å². The Bertz CT molecular complexity index is 585. The zero-order valence-electron chi connectivity index (χ0n) is 9.31. The zero-order chi connectivity index (χ0) is 13.1. The van der Waals surface area contributed by atoms with E-state index in [1.54, 1.807) is 6.92 Å². The van der Waals surface area contributed by atoms with Gasteiger partial charge in [0.05, 0.1) is 5.56 Å². The molecular formula is C11H8BrFN2O3. The highest BCUT2D eigenvalue weighted by atomic mass is 79.9. The van der Waals surface area contributed by atoms with E-state index in [2.05, 4.69) is 26.1 Å². The molecule has 18 heavy (non-hydrogen) atoms. The van der Waals surface area contributed by atoms with E-state index in [-0.39, 0.29) is 18.1 Å². The van der Waals surface area contributed by atoms with Gasteiger partial charge >= 0.3 is 5.97 Å². The Morgan fingerprint density at radius 2 is 2.28 bits per heavy atom. The van der Waals surface area contributed by atoms with Crippen molar-refractivity contribution in [1.29, 1.82) is 0 Å². The smallest absolute Gasteiger partial charge is 0.339 e. The minimum Gasteiger partial charge on any atom is -0.452 e. The lowest BCUT2D eigenvalue weighted by atomic mass is 10.2. The van der Waals surface area contributed by atoms with Crippen molar-refractivity contribution < 1.29 is 18.3 Å². The van der Waals surface area contributed by atoms with Crippen LogP contribution in [0.5, 0.6) is 0 Å². The Kier molecular flexibility index (Phi) is 3.71. The first kappa shape index (κ1) is 12.7. The summed E-state index contributed by atoms with van der Waals surface area (Å²) in [6.45, 7) is 1.48. The van der Waals surface area contributed by atoms with Crippen molar-refractivity contribution in [3.05, 3.63) is 45.8 Å². The lowest BCUT2D eigenvalue weighted by Crippen LogP contribution is -2.06. The van der Waals surface area contributed by atoms with E-state index >= 15 is 0 Å². The number of hydrogen-bond acceptors (Lipinski definition) is 5. The fourth-order valence-electron chi connectivity index (χ4n) is 1.25. The van der Waals surface area contributed by atoms with Crippen molar-refractivity contribution in [2.45, 2.75) is 13.5 Å². The Morgan fingerprint density at radius 1 is 1.50 bits per heavy atom. The van der Waals surface area contributed by atoms with Gasteiger partial charge in [0.2, 0.25) is 5.89 Å². The number of aromatic nitrogens is 2. The number of benzene rings is 1. The molecule has 94 valence electrons. The average Bonchev–Trinajstić information content (AvgIpc) is 2.75. The number of nitrogens with zero attached hydrogens (tertiary/aromatic N) is 2. The van der Waals surface area contributed by atoms with Gasteiger partial charge in [-0.25, -0.2) is 9.18 Å². The normalized spacial score (nSPS) is 10.4. The second kappa shape index (κ2) is 5.26. The number of carbonyl (C=O) groups excluding carboxylic acids is 1. The molecule has 0 fully saturated rings. The zero-order valence-corrected chi connectivity index (χ0v) is 10.9. The summed E-state index contributed by atoms with van der Waals surface area (Å²) in [5, 5.41) is 7.26. The molecule has 0 saturated heterocycles. The molecule has 0 aliphatic heterocycles. The molecule has 0 aliphatic carbocycles. The first-order chi connectivity index (χ1) is 8.56. The Morgan fingerprint density at radius 3 is 2.94 bits per heavy atom. The summed E-state index contributed by atoms with van der Waals surface area (Å²) in [6.07, 6.45) is 0. The van der Waals surface area contributed by atoms with Crippen LogP contribution in [0.25, 0.3) is 0 Å². The molecule has 0 bridgehead atoms. The van der Waals surface area contributed by atoms with Crippen LogP contribution in [0.3, 0.4) is 0 Å². The Hall–Kier alpha value is -1.76. The van der Waals surface area contributed by atoms with Crippen LogP contribution in [0.1, 0.15) is 22.1 Å². The first-order valence-electron chi connectivity index (χ1n) is 4.97. The van der Waals surface area contributed by atoms with E-state index in [0.717, 1.165) is 6.07 Å². The van der Waals surface area contributed by atoms with Crippen LogP contribution < -0.4 is 0 Å². The van der Waals surface area contributed by atoms with Crippen LogP contribution in [0, 0.1) is 12.7 Å². The molecule has 2 aromatic rings. The second-order valence-corrected chi connectivity index (χ2v) is 4.27. The number of ether oxygens (including phenoxy) is 1. The second-order valence-electron chi connectivity index (χ2n) is 3.42. The summed E-state index contributed by atoms with van der Waals surface area (Å²) in [7, 11) is 0. The molecule has 0 spiro atoms. The minimum atomic E-state index is -0.669. The monoisotopic (exact) mass is 314 g/mol. The van der Waals surface area contributed by atoms with Crippen LogP contribution in [0.15, 0.2) is 27.1 Å². The fraction of sp³-hybridized carbons (Fsp3) is 0.182. The molecule has 1 heterocycles. The third-order valence-electron chi connectivity index (χ3n) is 2.04. The van der Waals surface area contributed by atoms with Gasteiger partial charge in [-0.2, -0.15) is 0 Å². The summed E-state index contributed by atoms with van der Waals surface area (Å²) in [5.74, 6) is -0.614. The molecule has 1 aromatic carbocycles. The molecule has 0 unspecified atom stereocenters. The van der Waals surface area contributed by atoms with Gasteiger partial charge in [0, 0.05) is 11.4 Å². The van der Waals surface area contributed by atoms with Crippen LogP contribution in [-0.4, -0.2) is 16.2 Å². The molecule has 1 aromatic heterocycles. The maximum Gasteiger partial charge on any atom is 0.339 e. The summed E-state index contributed by atoms with van der Waals surface area (Å²) in [6, 6.07) is 3.76. The van der Waals surface area contributed by atoms with Crippen LogP contribution in [0.4, 0.5) is 4.39 Å². The van der Waals surface area contributed by atoms with Gasteiger partial charge in [-0.1, -0.05) is 0 Å². The van der Waals surface area contributed by atoms with Gasteiger partial charge in [-0.3, -0.25) is 0 Å². The van der Waals surface area contributed by atoms with Crippen LogP contribution in [-0.2, 0) is 11.3 Å². The number of esters is 1. The lowest BCUT2D eigenvalue weighted by molar-refractivity contribution is 0.0435. The van der Waals surface area contributed by atoms with E-state index in [9.17, 15) is 9.18 Å². The van der Waals surface area contributed by atoms with E-state index in [1.807, 2.05) is 0 Å². The number of carbonyl (C=O) groups is 1. The predicted octanol–water partition coefficient (Wildman–Crippen LogP) is 2.64. The highest BCUT2D eigenvalue weighted by Crippen LogP contribution is 2.19. The van der Waals surface area contributed by atoms with Crippen molar-refractivity contribution in [3.63, 3.8) is 0 Å². The molecule has 7 heteroatoms. The van der Waals surface area contributed by atoms with Crippen molar-refractivity contribution in [2.24, 2.45) is 0 Å². The van der Waals surface area contributed by atoms with Gasteiger partial charge in [0.25, 0.3) is 5.89 Å². The van der Waals surface area contributed by atoms with Gasteiger partial charge in [-0.05, 0) is 34.1 Å². The van der Waals surface area contributed by atoms with Gasteiger partial charge in [0.1, 0.15) is 5.82 Å². The summed E-state index contributed by atoms with van der Waals surface area (Å²) in [4.78, 5) is 11.7. The van der Waals surface area contributed by atoms with Crippen molar-refractivity contribution in [2.75, 3.05) is 0 Å². The highest BCUT2D eigenvalue weighted by Gasteiger charge is 2.14. The lowest BCUT2D eigenvalue weighted by Gasteiger charge is -2.04. The Balaban J connectivity index is 2.05. The molecule has 0 atom stereocenters.